The summed E-state index contributed by atoms with van der Waals surface area (Å²) in [6.07, 6.45) is -1.55. The molecule has 2 aliphatic heterocycles. The van der Waals surface area contributed by atoms with E-state index in [0.29, 0.717) is 29.9 Å². The molecule has 2 heterocycles. The number of nitrogens with one attached hydrogen (secondary N) is 2. The number of hydrogen-bond donors (Lipinski definition) is 2. The summed E-state index contributed by atoms with van der Waals surface area (Å²) < 4.78 is 43.4. The van der Waals surface area contributed by atoms with Crippen molar-refractivity contribution >= 4 is 18.2 Å². The largest absolute Gasteiger partial charge is 0.416 e. The van der Waals surface area contributed by atoms with Crippen LogP contribution in [0.15, 0.2) is 40.8 Å². The molecule has 2 N–H and O–H groups in total. The Bertz CT molecular complexity index is 818. The molecule has 3 amide bonds. The second-order valence-corrected chi connectivity index (χ2v) is 6.36. The van der Waals surface area contributed by atoms with Crippen molar-refractivity contribution in [1.29, 1.82) is 0 Å². The standard InChI is InChI=1S/C18H19F3N4O3/c1-28-10-14(11-4-6-12(7-5-11)18(19,20)21)24-17(27)25-9-15(26)23-13-3-2-8-22-16(13)25/h4-8,14H,2-3,9-10H2,1H3,(H,23,26)(H,24,27). The van der Waals surface area contributed by atoms with E-state index in [0.717, 1.165) is 12.1 Å². The van der Waals surface area contributed by atoms with Gasteiger partial charge in [0.2, 0.25) is 5.91 Å². The molecule has 0 saturated carbocycles. The van der Waals surface area contributed by atoms with E-state index in [2.05, 4.69) is 15.6 Å². The van der Waals surface area contributed by atoms with Crippen LogP contribution in [0.2, 0.25) is 0 Å². The fourth-order valence-electron chi connectivity index (χ4n) is 3.01. The molecule has 150 valence electrons. The van der Waals surface area contributed by atoms with Crippen LogP contribution in [-0.4, -0.2) is 43.3 Å². The maximum atomic E-state index is 12.8. The number of carbonyl (C=O) groups excluding carboxylic acids is 2. The Morgan fingerprint density at radius 2 is 2.07 bits per heavy atom. The van der Waals surface area contributed by atoms with Gasteiger partial charge in [-0.05, 0) is 30.5 Å². The molecule has 0 radical (unpaired) electrons. The van der Waals surface area contributed by atoms with E-state index >= 15 is 0 Å². The fourth-order valence-corrected chi connectivity index (χ4v) is 3.01. The number of ether oxygens (including phenoxy) is 1. The highest BCUT2D eigenvalue weighted by molar-refractivity contribution is 5.89. The van der Waals surface area contributed by atoms with Gasteiger partial charge in [-0.2, -0.15) is 13.2 Å². The molecule has 1 aromatic carbocycles. The normalized spacial score (nSPS) is 17.9. The number of amides is 3. The zero-order chi connectivity index (χ0) is 20.3. The lowest BCUT2D eigenvalue weighted by Crippen LogP contribution is -2.50. The summed E-state index contributed by atoms with van der Waals surface area (Å²) in [6.45, 7) is -0.152. The maximum Gasteiger partial charge on any atom is 0.416 e. The molecular weight excluding hydrogens is 377 g/mol. The average Bonchev–Trinajstić information content (AvgIpc) is 2.66. The summed E-state index contributed by atoms with van der Waals surface area (Å²) in [5.41, 5.74) is 0.246. The van der Waals surface area contributed by atoms with Crippen LogP contribution < -0.4 is 10.6 Å². The molecule has 0 fully saturated rings. The van der Waals surface area contributed by atoms with Gasteiger partial charge < -0.3 is 15.4 Å². The number of nitrogens with zero attached hydrogens (tertiary/aromatic N) is 2. The summed E-state index contributed by atoms with van der Waals surface area (Å²) in [5.74, 6) is 0.0377. The third-order valence-electron chi connectivity index (χ3n) is 4.37. The molecule has 2 aliphatic rings. The Morgan fingerprint density at radius 3 is 2.71 bits per heavy atom. The van der Waals surface area contributed by atoms with Crippen molar-refractivity contribution in [3.63, 3.8) is 0 Å². The monoisotopic (exact) mass is 396 g/mol. The Balaban J connectivity index is 1.79. The average molecular weight is 396 g/mol. The van der Waals surface area contributed by atoms with Crippen LogP contribution in [0.4, 0.5) is 18.0 Å². The number of allylic oxidation sites excluding steroid dienone is 1. The van der Waals surface area contributed by atoms with Crippen LogP contribution in [0.5, 0.6) is 0 Å². The zero-order valence-electron chi connectivity index (χ0n) is 15.0. The molecule has 7 nitrogen and oxygen atoms in total. The van der Waals surface area contributed by atoms with Gasteiger partial charge in [0.05, 0.1) is 23.9 Å². The van der Waals surface area contributed by atoms with E-state index in [1.807, 2.05) is 0 Å². The fraction of sp³-hybridized carbons (Fsp3) is 0.389. The summed E-state index contributed by atoms with van der Waals surface area (Å²) in [7, 11) is 1.42. The van der Waals surface area contributed by atoms with Gasteiger partial charge in [0.25, 0.3) is 0 Å². The lowest BCUT2D eigenvalue weighted by molar-refractivity contribution is -0.137. The number of alkyl halides is 3. The zero-order valence-corrected chi connectivity index (χ0v) is 15.0. The predicted octanol–water partition coefficient (Wildman–Crippen LogP) is 2.57. The van der Waals surface area contributed by atoms with Crippen molar-refractivity contribution in [2.75, 3.05) is 20.3 Å². The molecule has 1 aromatic rings. The molecule has 1 unspecified atom stereocenters. The SMILES string of the molecule is COCC(NC(=O)N1CC(=O)NC2=C1N=CCC2)c1ccc(C(F)(F)F)cc1. The minimum Gasteiger partial charge on any atom is -0.382 e. The van der Waals surface area contributed by atoms with E-state index in [-0.39, 0.29) is 19.1 Å². The van der Waals surface area contributed by atoms with Crippen molar-refractivity contribution in [2.24, 2.45) is 4.99 Å². The topological polar surface area (TPSA) is 83.0 Å². The first-order valence-corrected chi connectivity index (χ1v) is 8.59. The third-order valence-corrected chi connectivity index (χ3v) is 4.37. The molecule has 0 saturated heterocycles. The highest BCUT2D eigenvalue weighted by Gasteiger charge is 2.32. The van der Waals surface area contributed by atoms with Crippen molar-refractivity contribution in [3.8, 4) is 0 Å². The van der Waals surface area contributed by atoms with Gasteiger partial charge in [-0.15, -0.1) is 0 Å². The number of urea groups is 1. The number of benzene rings is 1. The molecule has 28 heavy (non-hydrogen) atoms. The Labute approximate surface area is 159 Å². The molecular formula is C18H19F3N4O3. The van der Waals surface area contributed by atoms with E-state index < -0.39 is 23.8 Å². The molecule has 3 rings (SSSR count). The molecule has 1 atom stereocenters. The molecule has 0 aromatic heterocycles. The first kappa shape index (κ1) is 19.9. The number of rotatable bonds is 4. The van der Waals surface area contributed by atoms with Crippen LogP contribution >= 0.6 is 0 Å². The van der Waals surface area contributed by atoms with Crippen molar-refractivity contribution in [3.05, 3.63) is 46.9 Å². The van der Waals surface area contributed by atoms with E-state index in [9.17, 15) is 22.8 Å². The quantitative estimate of drug-likeness (QED) is 0.821. The van der Waals surface area contributed by atoms with Gasteiger partial charge in [-0.3, -0.25) is 9.69 Å². The Morgan fingerprint density at radius 1 is 1.36 bits per heavy atom. The maximum absolute atomic E-state index is 12.8. The predicted molar refractivity (Wildman–Crippen MR) is 94.2 cm³/mol. The second kappa shape index (κ2) is 8.01. The van der Waals surface area contributed by atoms with Crippen LogP contribution in [0, 0.1) is 0 Å². The van der Waals surface area contributed by atoms with Crippen molar-refractivity contribution < 1.29 is 27.5 Å². The third kappa shape index (κ3) is 4.33. The van der Waals surface area contributed by atoms with Crippen LogP contribution in [-0.2, 0) is 15.7 Å². The van der Waals surface area contributed by atoms with E-state index in [4.69, 9.17) is 4.74 Å². The second-order valence-electron chi connectivity index (χ2n) is 6.36. The van der Waals surface area contributed by atoms with Crippen LogP contribution in [0.25, 0.3) is 0 Å². The number of aliphatic imine (C=N–C) groups is 1. The van der Waals surface area contributed by atoms with Crippen molar-refractivity contribution in [1.82, 2.24) is 15.5 Å². The minimum atomic E-state index is -4.44. The Kier molecular flexibility index (Phi) is 5.68. The van der Waals surface area contributed by atoms with Gasteiger partial charge in [0.1, 0.15) is 6.54 Å². The smallest absolute Gasteiger partial charge is 0.382 e. The minimum absolute atomic E-state index is 0.0479. The molecule has 0 aliphatic carbocycles. The lowest BCUT2D eigenvalue weighted by Gasteiger charge is -2.32. The number of hydrogen-bond acceptors (Lipinski definition) is 4. The molecule has 10 heteroatoms. The highest BCUT2D eigenvalue weighted by atomic mass is 19.4. The van der Waals surface area contributed by atoms with Crippen molar-refractivity contribution in [2.45, 2.75) is 25.1 Å². The van der Waals surface area contributed by atoms with Crippen LogP contribution in [0.1, 0.15) is 30.0 Å². The Hall–Kier alpha value is -2.88. The van der Waals surface area contributed by atoms with E-state index in [1.54, 1.807) is 6.21 Å². The van der Waals surface area contributed by atoms with Gasteiger partial charge in [0.15, 0.2) is 5.82 Å². The van der Waals surface area contributed by atoms with Gasteiger partial charge in [-0.1, -0.05) is 12.1 Å². The number of methoxy groups -OCH3 is 1. The summed E-state index contributed by atoms with van der Waals surface area (Å²) >= 11 is 0. The van der Waals surface area contributed by atoms with E-state index in [1.165, 1.54) is 24.1 Å². The summed E-state index contributed by atoms with van der Waals surface area (Å²) in [4.78, 5) is 30.1. The van der Waals surface area contributed by atoms with Gasteiger partial charge in [-0.25, -0.2) is 9.79 Å². The highest BCUT2D eigenvalue weighted by Crippen LogP contribution is 2.30. The summed E-state index contributed by atoms with van der Waals surface area (Å²) in [6, 6.07) is 3.21. The number of halogens is 3. The molecule has 0 bridgehead atoms. The van der Waals surface area contributed by atoms with Gasteiger partial charge in [0, 0.05) is 13.3 Å². The first-order valence-electron chi connectivity index (χ1n) is 8.59. The molecule has 0 spiro atoms. The lowest BCUT2D eigenvalue weighted by atomic mass is 10.1. The van der Waals surface area contributed by atoms with Crippen LogP contribution in [0.3, 0.4) is 0 Å². The van der Waals surface area contributed by atoms with Gasteiger partial charge >= 0.3 is 12.2 Å². The first-order chi connectivity index (χ1) is 13.3. The summed E-state index contributed by atoms with van der Waals surface area (Å²) in [5, 5.41) is 5.42. The number of carbonyl (C=O) groups is 2.